The summed E-state index contributed by atoms with van der Waals surface area (Å²) in [6.45, 7) is 2.69. The van der Waals surface area contributed by atoms with Crippen LogP contribution in [0.5, 0.6) is 0 Å². The molecule has 1 saturated carbocycles. The van der Waals surface area contributed by atoms with Gasteiger partial charge in [0.15, 0.2) is 0 Å². The molecule has 1 fully saturated rings. The smallest absolute Gasteiger partial charge is 0.0524 e. The van der Waals surface area contributed by atoms with Gasteiger partial charge in [0.2, 0.25) is 0 Å². The van der Waals surface area contributed by atoms with E-state index in [0.29, 0.717) is 6.04 Å². The predicted molar refractivity (Wildman–Crippen MR) is 71.2 cm³/mol. The maximum absolute atomic E-state index is 9.27. The van der Waals surface area contributed by atoms with Crippen molar-refractivity contribution >= 4 is 11.6 Å². The van der Waals surface area contributed by atoms with Gasteiger partial charge in [0.1, 0.15) is 0 Å². The van der Waals surface area contributed by atoms with E-state index >= 15 is 0 Å². The van der Waals surface area contributed by atoms with Crippen LogP contribution in [0.2, 0.25) is 5.02 Å². The van der Waals surface area contributed by atoms with Crippen LogP contribution in [0.15, 0.2) is 24.3 Å². The van der Waals surface area contributed by atoms with Crippen LogP contribution < -0.4 is 5.32 Å². The van der Waals surface area contributed by atoms with E-state index in [-0.39, 0.29) is 6.10 Å². The Bertz CT molecular complexity index is 346. The van der Waals surface area contributed by atoms with Crippen LogP contribution in [0.25, 0.3) is 0 Å². The molecule has 1 aromatic carbocycles. The van der Waals surface area contributed by atoms with Crippen molar-refractivity contribution in [3.63, 3.8) is 0 Å². The molecule has 0 saturated heterocycles. The summed E-state index contributed by atoms with van der Waals surface area (Å²) in [5.41, 5.74) is 1.31. The summed E-state index contributed by atoms with van der Waals surface area (Å²) < 4.78 is 0. The molecule has 1 aliphatic carbocycles. The highest BCUT2D eigenvalue weighted by molar-refractivity contribution is 6.30. The number of hydrogen-bond acceptors (Lipinski definition) is 2. The van der Waals surface area contributed by atoms with Gasteiger partial charge in [0, 0.05) is 11.1 Å². The Labute approximate surface area is 108 Å². The Hall–Kier alpha value is -0.570. The molecule has 0 heterocycles. The highest BCUT2D eigenvalue weighted by Gasteiger charge is 2.31. The molecule has 0 spiro atoms. The van der Waals surface area contributed by atoms with Crippen molar-refractivity contribution in [3.8, 4) is 0 Å². The monoisotopic (exact) mass is 253 g/mol. The van der Waals surface area contributed by atoms with Gasteiger partial charge in [-0.05, 0) is 56.3 Å². The zero-order valence-corrected chi connectivity index (χ0v) is 11.0. The molecule has 17 heavy (non-hydrogen) atoms. The molecule has 0 radical (unpaired) electrons. The van der Waals surface area contributed by atoms with E-state index in [1.54, 1.807) is 0 Å². The van der Waals surface area contributed by atoms with Gasteiger partial charge in [-0.1, -0.05) is 23.7 Å². The first kappa shape index (κ1) is 12.9. The van der Waals surface area contributed by atoms with Gasteiger partial charge in [-0.25, -0.2) is 0 Å². The number of aliphatic hydroxyl groups excluding tert-OH is 1. The molecule has 2 rings (SSSR count). The lowest BCUT2D eigenvalue weighted by atomic mass is 10.0. The predicted octanol–water partition coefficient (Wildman–Crippen LogP) is 3.15. The zero-order valence-electron chi connectivity index (χ0n) is 10.2. The fraction of sp³-hybridized carbons (Fsp3) is 0.571. The second kappa shape index (κ2) is 5.85. The second-order valence-electron chi connectivity index (χ2n) is 4.96. The standard InChI is InChI=1S/C14H20ClNO/c1-10(17)8-9-16-14(11-2-3-11)12-4-6-13(15)7-5-12/h4-7,10-11,14,16-17H,2-3,8-9H2,1H3. The zero-order chi connectivity index (χ0) is 12.3. The van der Waals surface area contributed by atoms with Crippen LogP contribution in [0.3, 0.4) is 0 Å². The lowest BCUT2D eigenvalue weighted by Gasteiger charge is -2.19. The van der Waals surface area contributed by atoms with E-state index in [2.05, 4.69) is 17.4 Å². The second-order valence-corrected chi connectivity index (χ2v) is 5.39. The first-order chi connectivity index (χ1) is 8.16. The molecule has 94 valence electrons. The molecule has 2 nitrogen and oxygen atoms in total. The van der Waals surface area contributed by atoms with Crippen LogP contribution >= 0.6 is 11.6 Å². The molecule has 2 N–H and O–H groups in total. The van der Waals surface area contributed by atoms with Gasteiger partial charge in [-0.2, -0.15) is 0 Å². The molecule has 1 aliphatic rings. The van der Waals surface area contributed by atoms with Crippen molar-refractivity contribution < 1.29 is 5.11 Å². The number of benzene rings is 1. The number of rotatable bonds is 6. The summed E-state index contributed by atoms with van der Waals surface area (Å²) in [6, 6.07) is 8.51. The van der Waals surface area contributed by atoms with Gasteiger partial charge in [-0.3, -0.25) is 0 Å². The normalized spacial score (nSPS) is 19.0. The average Bonchev–Trinajstić information content (AvgIpc) is 3.10. The largest absolute Gasteiger partial charge is 0.393 e. The van der Waals surface area contributed by atoms with E-state index in [1.165, 1.54) is 18.4 Å². The van der Waals surface area contributed by atoms with E-state index < -0.39 is 0 Å². The van der Waals surface area contributed by atoms with Crippen LogP contribution in [-0.4, -0.2) is 17.8 Å². The topological polar surface area (TPSA) is 32.3 Å². The maximum Gasteiger partial charge on any atom is 0.0524 e. The SMILES string of the molecule is CC(O)CCNC(c1ccc(Cl)cc1)C1CC1. The molecule has 2 atom stereocenters. The molecular formula is C14H20ClNO. The fourth-order valence-corrected chi connectivity index (χ4v) is 2.23. The van der Waals surface area contributed by atoms with Crippen molar-refractivity contribution in [2.24, 2.45) is 5.92 Å². The average molecular weight is 254 g/mol. The maximum atomic E-state index is 9.27. The fourth-order valence-electron chi connectivity index (χ4n) is 2.10. The van der Waals surface area contributed by atoms with Gasteiger partial charge in [0.05, 0.1) is 6.10 Å². The molecule has 2 unspecified atom stereocenters. The van der Waals surface area contributed by atoms with Gasteiger partial charge in [-0.15, -0.1) is 0 Å². The number of nitrogens with one attached hydrogen (secondary N) is 1. The third-order valence-electron chi connectivity index (χ3n) is 3.25. The summed E-state index contributed by atoms with van der Waals surface area (Å²) in [5.74, 6) is 0.755. The molecule has 1 aromatic rings. The number of aliphatic hydroxyl groups is 1. The van der Waals surface area contributed by atoms with Crippen molar-refractivity contribution in [1.82, 2.24) is 5.32 Å². The van der Waals surface area contributed by atoms with Gasteiger partial charge >= 0.3 is 0 Å². The van der Waals surface area contributed by atoms with Gasteiger partial charge < -0.3 is 10.4 Å². The van der Waals surface area contributed by atoms with Crippen LogP contribution in [0.1, 0.15) is 37.8 Å². The molecule has 0 amide bonds. The molecule has 0 aliphatic heterocycles. The quantitative estimate of drug-likeness (QED) is 0.816. The van der Waals surface area contributed by atoms with Crippen molar-refractivity contribution in [2.45, 2.75) is 38.3 Å². The van der Waals surface area contributed by atoms with E-state index in [0.717, 1.165) is 23.9 Å². The number of hydrogen-bond donors (Lipinski definition) is 2. The molecule has 0 bridgehead atoms. The van der Waals surface area contributed by atoms with E-state index in [9.17, 15) is 5.11 Å². The third-order valence-corrected chi connectivity index (χ3v) is 3.50. The molecule has 3 heteroatoms. The summed E-state index contributed by atoms with van der Waals surface area (Å²) in [4.78, 5) is 0. The van der Waals surface area contributed by atoms with E-state index in [4.69, 9.17) is 11.6 Å². The van der Waals surface area contributed by atoms with Crippen molar-refractivity contribution in [3.05, 3.63) is 34.9 Å². The van der Waals surface area contributed by atoms with Crippen molar-refractivity contribution in [1.29, 1.82) is 0 Å². The highest BCUT2D eigenvalue weighted by atomic mass is 35.5. The van der Waals surface area contributed by atoms with E-state index in [1.807, 2.05) is 19.1 Å². The minimum atomic E-state index is -0.229. The highest BCUT2D eigenvalue weighted by Crippen LogP contribution is 2.41. The first-order valence-electron chi connectivity index (χ1n) is 6.33. The van der Waals surface area contributed by atoms with Crippen molar-refractivity contribution in [2.75, 3.05) is 6.54 Å². The van der Waals surface area contributed by atoms with Gasteiger partial charge in [0.25, 0.3) is 0 Å². The van der Waals surface area contributed by atoms with Crippen LogP contribution in [0.4, 0.5) is 0 Å². The summed E-state index contributed by atoms with van der Waals surface area (Å²) in [6.07, 6.45) is 3.17. The summed E-state index contributed by atoms with van der Waals surface area (Å²) in [7, 11) is 0. The minimum absolute atomic E-state index is 0.229. The Morgan fingerprint density at radius 3 is 2.53 bits per heavy atom. The Morgan fingerprint density at radius 1 is 1.35 bits per heavy atom. The summed E-state index contributed by atoms with van der Waals surface area (Å²) >= 11 is 5.90. The third kappa shape index (κ3) is 3.98. The Kier molecular flexibility index (Phi) is 4.43. The Balaban J connectivity index is 1.94. The summed E-state index contributed by atoms with van der Waals surface area (Å²) in [5, 5.41) is 13.6. The molecule has 0 aromatic heterocycles. The molecular weight excluding hydrogens is 234 g/mol. The Morgan fingerprint density at radius 2 is 2.00 bits per heavy atom. The lowest BCUT2D eigenvalue weighted by Crippen LogP contribution is -2.26. The first-order valence-corrected chi connectivity index (χ1v) is 6.71. The van der Waals surface area contributed by atoms with Crippen LogP contribution in [-0.2, 0) is 0 Å². The minimum Gasteiger partial charge on any atom is -0.393 e. The lowest BCUT2D eigenvalue weighted by molar-refractivity contribution is 0.181. The number of halogens is 1. The van der Waals surface area contributed by atoms with Crippen LogP contribution in [0, 0.1) is 5.92 Å².